The number of hydrogen-bond acceptors (Lipinski definition) is 9. The van der Waals surface area contributed by atoms with Crippen molar-refractivity contribution in [2.45, 2.75) is 64.1 Å². The summed E-state index contributed by atoms with van der Waals surface area (Å²) in [4.78, 5) is 37.7. The van der Waals surface area contributed by atoms with E-state index in [1.54, 1.807) is 24.1 Å². The number of benzene rings is 1. The minimum absolute atomic E-state index is 0.0180. The van der Waals surface area contributed by atoms with Gasteiger partial charge in [-0.15, -0.1) is 5.10 Å². The molecule has 0 bridgehead atoms. The molecule has 13 heteroatoms. The molecule has 43 heavy (non-hydrogen) atoms. The van der Waals surface area contributed by atoms with Crippen LogP contribution in [0.3, 0.4) is 0 Å². The highest BCUT2D eigenvalue weighted by Crippen LogP contribution is 2.37. The Morgan fingerprint density at radius 3 is 2.67 bits per heavy atom. The number of ether oxygens (including phenoxy) is 1. The fraction of sp³-hybridized carbons (Fsp3) is 0.500. The molecule has 2 aliphatic heterocycles. The maximum atomic E-state index is 14.4. The molecule has 3 aromatic rings. The molecule has 12 nitrogen and oxygen atoms in total. The summed E-state index contributed by atoms with van der Waals surface area (Å²) in [6.07, 6.45) is 4.24. The number of nitrogens with zero attached hydrogens (tertiary/aromatic N) is 9. The normalized spacial score (nSPS) is 22.1. The first kappa shape index (κ1) is 28.7. The fourth-order valence-corrected chi connectivity index (χ4v) is 6.51. The summed E-state index contributed by atoms with van der Waals surface area (Å²) in [6, 6.07) is 6.32. The van der Waals surface area contributed by atoms with Gasteiger partial charge in [-0.2, -0.15) is 9.94 Å². The number of tetrazole rings is 1. The van der Waals surface area contributed by atoms with Gasteiger partial charge in [0.15, 0.2) is 5.82 Å². The Morgan fingerprint density at radius 2 is 1.95 bits per heavy atom. The predicted octanol–water partition coefficient (Wildman–Crippen LogP) is 2.91. The van der Waals surface area contributed by atoms with E-state index < -0.39 is 23.6 Å². The van der Waals surface area contributed by atoms with Gasteiger partial charge in [0.2, 0.25) is 5.91 Å². The van der Waals surface area contributed by atoms with E-state index in [1.165, 1.54) is 17.1 Å². The first-order valence-corrected chi connectivity index (χ1v) is 14.5. The molecule has 2 amide bonds. The van der Waals surface area contributed by atoms with E-state index in [0.717, 1.165) is 23.1 Å². The molecule has 0 radical (unpaired) electrons. The third-order valence-electron chi connectivity index (χ3n) is 8.63. The summed E-state index contributed by atoms with van der Waals surface area (Å²) in [7, 11) is 0. The molecule has 6 rings (SSSR count). The van der Waals surface area contributed by atoms with Crippen molar-refractivity contribution in [2.75, 3.05) is 32.7 Å². The number of hydrogen-bond donors (Lipinski definition) is 0. The highest BCUT2D eigenvalue weighted by atomic mass is 19.1. The van der Waals surface area contributed by atoms with Crippen molar-refractivity contribution < 1.29 is 18.7 Å². The highest BCUT2D eigenvalue weighted by Gasteiger charge is 2.44. The smallest absolute Gasteiger partial charge is 0.410 e. The van der Waals surface area contributed by atoms with Crippen LogP contribution in [0, 0.1) is 24.1 Å². The van der Waals surface area contributed by atoms with Crippen LogP contribution in [0.1, 0.15) is 67.0 Å². The Morgan fingerprint density at radius 1 is 1.14 bits per heavy atom. The SMILES string of the molecule is Cc1c([C@@H]2CN3CCN(C(=O)C4CCc5cc(-n6cnnn6)ncc54)C[C@H]3CN2C(=O)OC(C)(C)C)ccc(F)c1C#N. The van der Waals surface area contributed by atoms with Crippen molar-refractivity contribution in [1.29, 1.82) is 5.26 Å². The summed E-state index contributed by atoms with van der Waals surface area (Å²) < 4.78 is 21.7. The van der Waals surface area contributed by atoms with Gasteiger partial charge in [-0.25, -0.2) is 14.2 Å². The van der Waals surface area contributed by atoms with E-state index in [2.05, 4.69) is 25.4 Å². The molecule has 0 spiro atoms. The number of carbonyl (C=O) groups excluding carboxylic acids is 2. The molecule has 224 valence electrons. The second kappa shape index (κ2) is 11.0. The third-order valence-corrected chi connectivity index (χ3v) is 8.63. The van der Waals surface area contributed by atoms with Gasteiger partial charge in [-0.1, -0.05) is 6.07 Å². The van der Waals surface area contributed by atoms with Gasteiger partial charge in [0, 0.05) is 45.0 Å². The number of carbonyl (C=O) groups is 2. The van der Waals surface area contributed by atoms with Gasteiger partial charge in [0.25, 0.3) is 0 Å². The Kier molecular flexibility index (Phi) is 7.33. The lowest BCUT2D eigenvalue weighted by Crippen LogP contribution is -2.64. The molecule has 2 aromatic heterocycles. The number of aryl methyl sites for hydroxylation is 1. The average molecular weight is 588 g/mol. The van der Waals surface area contributed by atoms with Gasteiger partial charge < -0.3 is 9.64 Å². The quantitative estimate of drug-likeness (QED) is 0.454. The van der Waals surface area contributed by atoms with Gasteiger partial charge >= 0.3 is 6.09 Å². The zero-order chi connectivity index (χ0) is 30.5. The van der Waals surface area contributed by atoms with Crippen molar-refractivity contribution >= 4 is 12.0 Å². The summed E-state index contributed by atoms with van der Waals surface area (Å²) >= 11 is 0. The monoisotopic (exact) mass is 587 g/mol. The molecule has 0 saturated carbocycles. The molecule has 0 N–H and O–H groups in total. The first-order valence-electron chi connectivity index (χ1n) is 14.5. The zero-order valence-corrected chi connectivity index (χ0v) is 24.7. The molecule has 2 fully saturated rings. The van der Waals surface area contributed by atoms with Gasteiger partial charge in [0.05, 0.1) is 17.5 Å². The van der Waals surface area contributed by atoms with Crippen LogP contribution >= 0.6 is 0 Å². The maximum absolute atomic E-state index is 14.4. The lowest BCUT2D eigenvalue weighted by molar-refractivity contribution is -0.137. The number of rotatable bonds is 3. The first-order chi connectivity index (χ1) is 20.5. The third kappa shape index (κ3) is 5.43. The summed E-state index contributed by atoms with van der Waals surface area (Å²) in [5.74, 6) is -0.178. The Labute approximate surface area is 249 Å². The van der Waals surface area contributed by atoms with Gasteiger partial charge in [-0.05, 0) is 85.3 Å². The average Bonchev–Trinajstić information content (AvgIpc) is 3.66. The van der Waals surface area contributed by atoms with Crippen molar-refractivity contribution in [2.24, 2.45) is 0 Å². The zero-order valence-electron chi connectivity index (χ0n) is 24.7. The number of nitriles is 1. The summed E-state index contributed by atoms with van der Waals surface area (Å²) in [6.45, 7) is 9.64. The van der Waals surface area contributed by atoms with Crippen LogP contribution in [-0.4, -0.2) is 96.3 Å². The van der Waals surface area contributed by atoms with Crippen LogP contribution in [0.5, 0.6) is 0 Å². The lowest BCUT2D eigenvalue weighted by Gasteiger charge is -2.51. The van der Waals surface area contributed by atoms with Crippen molar-refractivity contribution in [3.63, 3.8) is 0 Å². The van der Waals surface area contributed by atoms with Gasteiger partial charge in [-0.3, -0.25) is 14.6 Å². The molecule has 1 unspecified atom stereocenters. The van der Waals surface area contributed by atoms with Crippen molar-refractivity contribution in [1.82, 2.24) is 39.9 Å². The van der Waals surface area contributed by atoms with E-state index in [1.807, 2.05) is 37.8 Å². The number of aromatic nitrogens is 5. The Hall–Kier alpha value is -4.44. The Bertz CT molecular complexity index is 1600. The van der Waals surface area contributed by atoms with E-state index in [0.29, 0.717) is 50.5 Å². The fourth-order valence-electron chi connectivity index (χ4n) is 6.51. The predicted molar refractivity (Wildman–Crippen MR) is 151 cm³/mol. The number of amides is 2. The largest absolute Gasteiger partial charge is 0.444 e. The standard InChI is InChI=1S/C30H34FN9O3/c1-18-21(7-8-25(31)23(18)12-32)26-16-37-9-10-38(14-20(37)15-39(26)29(42)43-30(2,3)4)28(41)22-6-5-19-11-27(33-13-24(19)22)40-17-34-35-36-40/h7-8,11,13,17,20,22,26H,5-6,9-10,14-16H2,1-4H3/t20-,22?,26-/m0/s1. The van der Waals surface area contributed by atoms with E-state index >= 15 is 0 Å². The minimum Gasteiger partial charge on any atom is -0.444 e. The van der Waals surface area contributed by atoms with Crippen molar-refractivity contribution in [3.8, 4) is 11.9 Å². The molecule has 4 heterocycles. The second-order valence-corrected chi connectivity index (χ2v) is 12.4. The summed E-state index contributed by atoms with van der Waals surface area (Å²) in [5.41, 5.74) is 2.51. The molecular weight excluding hydrogens is 553 g/mol. The number of fused-ring (bicyclic) bond motifs is 2. The van der Waals surface area contributed by atoms with E-state index in [4.69, 9.17) is 4.74 Å². The van der Waals surface area contributed by atoms with Crippen LogP contribution < -0.4 is 0 Å². The minimum atomic E-state index is -0.711. The topological polar surface area (TPSA) is 133 Å². The van der Waals surface area contributed by atoms with Crippen LogP contribution in [0.4, 0.5) is 9.18 Å². The number of halogens is 1. The molecule has 3 aliphatic rings. The maximum Gasteiger partial charge on any atom is 0.410 e. The second-order valence-electron chi connectivity index (χ2n) is 12.4. The molecular formula is C30H34FN9O3. The van der Waals surface area contributed by atoms with E-state index in [-0.39, 0.29) is 23.4 Å². The summed E-state index contributed by atoms with van der Waals surface area (Å²) in [5, 5.41) is 20.8. The van der Waals surface area contributed by atoms with Crippen LogP contribution in [0.15, 0.2) is 30.7 Å². The van der Waals surface area contributed by atoms with Crippen LogP contribution in [0.25, 0.3) is 5.82 Å². The van der Waals surface area contributed by atoms with E-state index in [9.17, 15) is 19.2 Å². The molecule has 3 atom stereocenters. The molecule has 2 saturated heterocycles. The number of pyridine rings is 1. The highest BCUT2D eigenvalue weighted by molar-refractivity contribution is 5.85. The molecule has 1 aliphatic carbocycles. The Balaban J connectivity index is 1.22. The van der Waals surface area contributed by atoms with Crippen LogP contribution in [-0.2, 0) is 16.0 Å². The van der Waals surface area contributed by atoms with Gasteiger partial charge in [0.1, 0.15) is 23.8 Å². The van der Waals surface area contributed by atoms with Crippen molar-refractivity contribution in [3.05, 3.63) is 64.4 Å². The van der Waals surface area contributed by atoms with Crippen LogP contribution in [0.2, 0.25) is 0 Å². The number of piperazine rings is 2. The lowest BCUT2D eigenvalue weighted by atomic mass is 9.92. The molecule has 1 aromatic carbocycles.